The molecule has 0 atom stereocenters. The van der Waals surface area contributed by atoms with Crippen LogP contribution in [0.1, 0.15) is 39.5 Å². The number of halogens is 1. The van der Waals surface area contributed by atoms with E-state index < -0.39 is 0 Å². The maximum absolute atomic E-state index is 13.0. The first-order valence-electron chi connectivity index (χ1n) is 8.24. The number of aromatic nitrogens is 3. The van der Waals surface area contributed by atoms with Crippen molar-refractivity contribution in [3.05, 3.63) is 40.9 Å². The van der Waals surface area contributed by atoms with Crippen molar-refractivity contribution >= 4 is 34.3 Å². The lowest BCUT2D eigenvalue weighted by atomic mass is 10.1. The molecule has 4 nitrogen and oxygen atoms in total. The van der Waals surface area contributed by atoms with Gasteiger partial charge in [-0.2, -0.15) is 0 Å². The number of hydrogen-bond donors (Lipinski definition) is 0. The molecular formula is C18H24ClN3O. The minimum atomic E-state index is 0. The molecule has 0 unspecified atom stereocenters. The molecule has 0 aliphatic rings. The highest BCUT2D eigenvalue weighted by atomic mass is 35.5. The van der Waals surface area contributed by atoms with Gasteiger partial charge in [-0.3, -0.25) is 4.79 Å². The zero-order valence-corrected chi connectivity index (χ0v) is 14.6. The number of hydrogen-bond acceptors (Lipinski definition) is 2. The van der Waals surface area contributed by atoms with Gasteiger partial charge in [0.25, 0.3) is 5.56 Å². The molecule has 0 aliphatic heterocycles. The van der Waals surface area contributed by atoms with Crippen LogP contribution in [0.4, 0.5) is 0 Å². The topological polar surface area (TPSA) is 39.8 Å². The maximum atomic E-state index is 13.0. The van der Waals surface area contributed by atoms with Gasteiger partial charge in [-0.1, -0.05) is 44.9 Å². The summed E-state index contributed by atoms with van der Waals surface area (Å²) in [6, 6.07) is 8.10. The number of aryl methyl sites for hydroxylation is 2. The molecule has 5 heteroatoms. The van der Waals surface area contributed by atoms with Crippen molar-refractivity contribution in [2.45, 2.75) is 52.6 Å². The van der Waals surface area contributed by atoms with Gasteiger partial charge in [0.15, 0.2) is 0 Å². The Labute approximate surface area is 142 Å². The van der Waals surface area contributed by atoms with E-state index in [0.29, 0.717) is 0 Å². The van der Waals surface area contributed by atoms with Crippen molar-refractivity contribution in [2.75, 3.05) is 0 Å². The molecule has 0 bridgehead atoms. The largest absolute Gasteiger partial charge is 0.326 e. The second-order valence-electron chi connectivity index (χ2n) is 5.82. The number of benzene rings is 1. The summed E-state index contributed by atoms with van der Waals surface area (Å²) >= 11 is 0. The Morgan fingerprint density at radius 3 is 2.48 bits per heavy atom. The van der Waals surface area contributed by atoms with Crippen LogP contribution in [0.15, 0.2) is 35.4 Å². The molecule has 0 radical (unpaired) electrons. The lowest BCUT2D eigenvalue weighted by molar-refractivity contribution is 0.621. The van der Waals surface area contributed by atoms with Gasteiger partial charge in [0, 0.05) is 18.5 Å². The van der Waals surface area contributed by atoms with E-state index >= 15 is 0 Å². The number of fused-ring (bicyclic) bond motifs is 3. The van der Waals surface area contributed by atoms with Gasteiger partial charge < -0.3 is 9.13 Å². The smallest absolute Gasteiger partial charge is 0.277 e. The van der Waals surface area contributed by atoms with Crippen LogP contribution in [0.25, 0.3) is 21.9 Å². The minimum Gasteiger partial charge on any atom is -0.326 e. The predicted octanol–water partition coefficient (Wildman–Crippen LogP) is 4.37. The molecule has 0 saturated heterocycles. The lowest BCUT2D eigenvalue weighted by Gasteiger charge is -2.11. The third kappa shape index (κ3) is 3.13. The maximum Gasteiger partial charge on any atom is 0.277 e. The van der Waals surface area contributed by atoms with Crippen LogP contribution in [0.2, 0.25) is 0 Å². The Balaban J connectivity index is 0.00000192. The van der Waals surface area contributed by atoms with E-state index in [1.807, 2.05) is 33.7 Å². The van der Waals surface area contributed by atoms with E-state index in [-0.39, 0.29) is 18.0 Å². The van der Waals surface area contributed by atoms with E-state index in [2.05, 4.69) is 24.9 Å². The number of nitrogens with zero attached hydrogens (tertiary/aromatic N) is 3. The molecule has 0 spiro atoms. The molecule has 3 aromatic rings. The molecule has 0 N–H and O–H groups in total. The first kappa shape index (κ1) is 17.5. The summed E-state index contributed by atoms with van der Waals surface area (Å²) in [7, 11) is 0. The number of para-hydroxylation sites is 1. The molecule has 124 valence electrons. The summed E-state index contributed by atoms with van der Waals surface area (Å²) in [5.41, 5.74) is 2.68. The van der Waals surface area contributed by atoms with Crippen LogP contribution in [0.5, 0.6) is 0 Å². The third-order valence-electron chi connectivity index (χ3n) is 4.22. The summed E-state index contributed by atoms with van der Waals surface area (Å²) in [6.45, 7) is 5.93. The molecular weight excluding hydrogens is 310 g/mol. The summed E-state index contributed by atoms with van der Waals surface area (Å²) in [4.78, 5) is 17.5. The van der Waals surface area contributed by atoms with Crippen molar-refractivity contribution < 1.29 is 0 Å². The van der Waals surface area contributed by atoms with Crippen LogP contribution in [0.3, 0.4) is 0 Å². The van der Waals surface area contributed by atoms with Gasteiger partial charge in [0.05, 0.1) is 11.8 Å². The molecule has 1 aromatic carbocycles. The highest BCUT2D eigenvalue weighted by Gasteiger charge is 2.14. The molecule has 0 aliphatic carbocycles. The number of rotatable bonds is 6. The highest BCUT2D eigenvalue weighted by molar-refractivity contribution is 6.02. The van der Waals surface area contributed by atoms with Crippen LogP contribution >= 0.6 is 12.4 Å². The minimum absolute atomic E-state index is 0. The van der Waals surface area contributed by atoms with Crippen LogP contribution < -0.4 is 5.56 Å². The zero-order chi connectivity index (χ0) is 15.5. The van der Waals surface area contributed by atoms with E-state index in [1.54, 1.807) is 0 Å². The van der Waals surface area contributed by atoms with Crippen molar-refractivity contribution in [3.63, 3.8) is 0 Å². The predicted molar refractivity (Wildman–Crippen MR) is 98.6 cm³/mol. The first-order chi connectivity index (χ1) is 10.8. The molecule has 3 rings (SSSR count). The Morgan fingerprint density at radius 2 is 1.74 bits per heavy atom. The average molecular weight is 334 g/mol. The highest BCUT2D eigenvalue weighted by Crippen LogP contribution is 2.22. The number of unbranched alkanes of at least 4 members (excludes halogenated alkanes) is 2. The van der Waals surface area contributed by atoms with Gasteiger partial charge in [0.1, 0.15) is 11.0 Å². The summed E-state index contributed by atoms with van der Waals surface area (Å²) in [5.74, 6) is 0. The fourth-order valence-electron chi connectivity index (χ4n) is 2.99. The average Bonchev–Trinajstić information content (AvgIpc) is 2.97. The summed E-state index contributed by atoms with van der Waals surface area (Å²) < 4.78 is 3.95. The van der Waals surface area contributed by atoms with E-state index in [0.717, 1.165) is 60.7 Å². The van der Waals surface area contributed by atoms with Crippen molar-refractivity contribution in [1.29, 1.82) is 0 Å². The van der Waals surface area contributed by atoms with Crippen LogP contribution in [-0.4, -0.2) is 14.1 Å². The van der Waals surface area contributed by atoms with Gasteiger partial charge in [-0.05, 0) is 18.9 Å². The summed E-state index contributed by atoms with van der Waals surface area (Å²) in [5, 5.41) is 1.07. The third-order valence-corrected chi connectivity index (χ3v) is 4.22. The summed E-state index contributed by atoms with van der Waals surface area (Å²) in [6.07, 6.45) is 6.08. The molecule has 0 amide bonds. The van der Waals surface area contributed by atoms with Gasteiger partial charge in [0.2, 0.25) is 0 Å². The van der Waals surface area contributed by atoms with Crippen LogP contribution in [-0.2, 0) is 13.1 Å². The molecule has 2 heterocycles. The van der Waals surface area contributed by atoms with Gasteiger partial charge in [-0.15, -0.1) is 12.4 Å². The molecule has 0 saturated carbocycles. The Hall–Kier alpha value is -1.81. The fraction of sp³-hybridized carbons (Fsp3) is 0.444. The fourth-order valence-corrected chi connectivity index (χ4v) is 2.99. The molecule has 0 fully saturated rings. The molecule has 2 aromatic heterocycles. The second-order valence-corrected chi connectivity index (χ2v) is 5.82. The second kappa shape index (κ2) is 7.64. The Morgan fingerprint density at radius 1 is 1.04 bits per heavy atom. The van der Waals surface area contributed by atoms with E-state index in [4.69, 9.17) is 0 Å². The van der Waals surface area contributed by atoms with Crippen molar-refractivity contribution in [2.24, 2.45) is 0 Å². The van der Waals surface area contributed by atoms with E-state index in [1.165, 1.54) is 0 Å². The number of imidazole rings is 1. The standard InChI is InChI=1S/C18H23N3O.ClH/c1-3-5-11-20-13-19-16-14-9-7-8-10-15(14)21(12-6-4-2)18(22)17(16)20;/h7-10,13H,3-6,11-12H2,1-2H3;1H. The lowest BCUT2D eigenvalue weighted by Crippen LogP contribution is -2.23. The van der Waals surface area contributed by atoms with Gasteiger partial charge in [-0.25, -0.2) is 4.98 Å². The van der Waals surface area contributed by atoms with Crippen molar-refractivity contribution in [3.8, 4) is 0 Å². The van der Waals surface area contributed by atoms with E-state index in [9.17, 15) is 4.79 Å². The Kier molecular flexibility index (Phi) is 5.83. The SMILES string of the molecule is CCCCn1cnc2c3ccccc3n(CCCC)c(=O)c21.Cl. The monoisotopic (exact) mass is 333 g/mol. The normalized spacial score (nSPS) is 11.0. The zero-order valence-electron chi connectivity index (χ0n) is 13.8. The number of pyridine rings is 1. The first-order valence-corrected chi connectivity index (χ1v) is 8.24. The van der Waals surface area contributed by atoms with Gasteiger partial charge >= 0.3 is 0 Å². The molecule has 23 heavy (non-hydrogen) atoms. The van der Waals surface area contributed by atoms with Crippen molar-refractivity contribution in [1.82, 2.24) is 14.1 Å². The van der Waals surface area contributed by atoms with Crippen LogP contribution in [0, 0.1) is 0 Å². The Bertz CT molecular complexity index is 850. The quantitative estimate of drug-likeness (QED) is 0.671.